The van der Waals surface area contributed by atoms with Gasteiger partial charge >= 0.3 is 6.18 Å². The molecule has 2 amide bonds. The number of nitrogens with zero attached hydrogens (tertiary/aromatic N) is 1. The number of amides is 2. The van der Waals surface area contributed by atoms with Gasteiger partial charge in [0.1, 0.15) is 0 Å². The average molecular weight is 390 g/mol. The SMILES string of the molecule is CCN(CC(=O)Nc1ccccc1C(F)(F)F)C(=O)C1(c2ccccc2)CC1. The number of benzene rings is 2. The van der Waals surface area contributed by atoms with Crippen molar-refractivity contribution in [1.29, 1.82) is 0 Å². The summed E-state index contributed by atoms with van der Waals surface area (Å²) in [4.78, 5) is 26.8. The quantitative estimate of drug-likeness (QED) is 0.803. The average Bonchev–Trinajstić information content (AvgIpc) is 3.48. The summed E-state index contributed by atoms with van der Waals surface area (Å²) in [6, 6.07) is 14.2. The Bertz CT molecular complexity index is 861. The van der Waals surface area contributed by atoms with Crippen LogP contribution in [0.25, 0.3) is 0 Å². The van der Waals surface area contributed by atoms with Gasteiger partial charge in [0.15, 0.2) is 0 Å². The highest BCUT2D eigenvalue weighted by Crippen LogP contribution is 2.49. The molecule has 0 radical (unpaired) electrons. The van der Waals surface area contributed by atoms with Crippen molar-refractivity contribution < 1.29 is 22.8 Å². The number of carbonyl (C=O) groups excluding carboxylic acids is 2. The van der Waals surface area contributed by atoms with Gasteiger partial charge in [-0.2, -0.15) is 13.2 Å². The van der Waals surface area contributed by atoms with Crippen LogP contribution in [0.5, 0.6) is 0 Å². The Morgan fingerprint density at radius 2 is 1.64 bits per heavy atom. The first-order chi connectivity index (χ1) is 13.3. The van der Waals surface area contributed by atoms with Gasteiger partial charge in [0.05, 0.1) is 23.2 Å². The Hall–Kier alpha value is -2.83. The molecule has 0 heterocycles. The number of hydrogen-bond acceptors (Lipinski definition) is 2. The van der Waals surface area contributed by atoms with Crippen LogP contribution in [0.15, 0.2) is 54.6 Å². The molecule has 0 unspecified atom stereocenters. The monoisotopic (exact) mass is 390 g/mol. The molecular formula is C21H21F3N2O2. The van der Waals surface area contributed by atoms with Crippen molar-refractivity contribution in [2.75, 3.05) is 18.4 Å². The van der Waals surface area contributed by atoms with Crippen LogP contribution in [0.3, 0.4) is 0 Å². The van der Waals surface area contributed by atoms with Crippen LogP contribution in [0.4, 0.5) is 18.9 Å². The van der Waals surface area contributed by atoms with Gasteiger partial charge in [0.2, 0.25) is 11.8 Å². The smallest absolute Gasteiger partial charge is 0.333 e. The normalized spacial score (nSPS) is 15.0. The molecule has 1 aliphatic carbocycles. The van der Waals surface area contributed by atoms with E-state index in [4.69, 9.17) is 0 Å². The largest absolute Gasteiger partial charge is 0.418 e. The van der Waals surface area contributed by atoms with Crippen LogP contribution in [0, 0.1) is 0 Å². The number of rotatable bonds is 6. The van der Waals surface area contributed by atoms with E-state index in [0.717, 1.165) is 11.6 Å². The van der Waals surface area contributed by atoms with E-state index in [1.54, 1.807) is 6.92 Å². The molecule has 1 saturated carbocycles. The van der Waals surface area contributed by atoms with E-state index < -0.39 is 23.1 Å². The van der Waals surface area contributed by atoms with E-state index in [-0.39, 0.29) is 18.1 Å². The van der Waals surface area contributed by atoms with Gasteiger partial charge in [-0.3, -0.25) is 9.59 Å². The van der Waals surface area contributed by atoms with E-state index in [1.807, 2.05) is 30.3 Å². The summed E-state index contributed by atoms with van der Waals surface area (Å²) >= 11 is 0. The van der Waals surface area contributed by atoms with Crippen molar-refractivity contribution in [2.45, 2.75) is 31.4 Å². The van der Waals surface area contributed by atoms with Gasteiger partial charge in [0, 0.05) is 6.54 Å². The molecule has 1 aliphatic rings. The summed E-state index contributed by atoms with van der Waals surface area (Å²) in [6.45, 7) is 1.74. The van der Waals surface area contributed by atoms with Crippen molar-refractivity contribution in [1.82, 2.24) is 4.90 Å². The van der Waals surface area contributed by atoms with Gasteiger partial charge < -0.3 is 10.2 Å². The predicted molar refractivity (Wildman–Crippen MR) is 99.7 cm³/mol. The van der Waals surface area contributed by atoms with Crippen molar-refractivity contribution in [3.05, 3.63) is 65.7 Å². The van der Waals surface area contributed by atoms with Gasteiger partial charge in [-0.15, -0.1) is 0 Å². The zero-order chi connectivity index (χ0) is 20.4. The molecule has 28 heavy (non-hydrogen) atoms. The Labute approximate surface area is 161 Å². The van der Waals surface area contributed by atoms with Crippen LogP contribution >= 0.6 is 0 Å². The lowest BCUT2D eigenvalue weighted by Crippen LogP contribution is -2.43. The Morgan fingerprint density at radius 1 is 1.04 bits per heavy atom. The second-order valence-electron chi connectivity index (χ2n) is 6.86. The van der Waals surface area contributed by atoms with Gasteiger partial charge in [0.25, 0.3) is 0 Å². The standard InChI is InChI=1S/C21H21F3N2O2/c1-2-26(19(28)20(12-13-20)15-8-4-3-5-9-15)14-18(27)25-17-11-7-6-10-16(17)21(22,23)24/h3-11H,2,12-14H2,1H3,(H,25,27). The molecule has 2 aromatic rings. The fourth-order valence-corrected chi connectivity index (χ4v) is 3.34. The minimum absolute atomic E-state index is 0.166. The number of para-hydroxylation sites is 1. The Balaban J connectivity index is 1.72. The number of likely N-dealkylation sites (N-methyl/N-ethyl adjacent to an activating group) is 1. The van der Waals surface area contributed by atoms with Crippen LogP contribution < -0.4 is 5.32 Å². The van der Waals surface area contributed by atoms with E-state index in [9.17, 15) is 22.8 Å². The summed E-state index contributed by atoms with van der Waals surface area (Å²) in [5, 5.41) is 2.30. The third-order valence-corrected chi connectivity index (χ3v) is 5.00. The number of carbonyl (C=O) groups is 2. The highest BCUT2D eigenvalue weighted by Gasteiger charge is 2.52. The predicted octanol–water partition coefficient (Wildman–Crippen LogP) is 4.22. The third-order valence-electron chi connectivity index (χ3n) is 5.00. The zero-order valence-corrected chi connectivity index (χ0v) is 15.4. The molecule has 7 heteroatoms. The molecule has 1 fully saturated rings. The van der Waals surface area contributed by atoms with Gasteiger partial charge in [-0.05, 0) is 37.5 Å². The molecule has 148 valence electrons. The molecule has 0 atom stereocenters. The van der Waals surface area contributed by atoms with Crippen LogP contribution in [-0.4, -0.2) is 29.8 Å². The van der Waals surface area contributed by atoms with E-state index in [1.165, 1.54) is 23.1 Å². The molecule has 4 nitrogen and oxygen atoms in total. The second kappa shape index (κ2) is 7.66. The molecular weight excluding hydrogens is 369 g/mol. The summed E-state index contributed by atoms with van der Waals surface area (Å²) in [5.74, 6) is -0.823. The van der Waals surface area contributed by atoms with Crippen molar-refractivity contribution in [3.8, 4) is 0 Å². The first-order valence-corrected chi connectivity index (χ1v) is 9.09. The Morgan fingerprint density at radius 3 is 2.21 bits per heavy atom. The number of halogens is 3. The first-order valence-electron chi connectivity index (χ1n) is 9.09. The molecule has 0 spiro atoms. The maximum Gasteiger partial charge on any atom is 0.418 e. The number of hydrogen-bond donors (Lipinski definition) is 1. The number of alkyl halides is 3. The Kier molecular flexibility index (Phi) is 5.45. The molecule has 2 aromatic carbocycles. The minimum Gasteiger partial charge on any atom is -0.333 e. The molecule has 0 bridgehead atoms. The van der Waals surface area contributed by atoms with Crippen LogP contribution in [0.1, 0.15) is 30.9 Å². The lowest BCUT2D eigenvalue weighted by molar-refractivity contribution is -0.138. The maximum absolute atomic E-state index is 13.1. The molecule has 0 saturated heterocycles. The highest BCUT2D eigenvalue weighted by atomic mass is 19.4. The second-order valence-corrected chi connectivity index (χ2v) is 6.86. The van der Waals surface area contributed by atoms with E-state index in [2.05, 4.69) is 5.32 Å². The van der Waals surface area contributed by atoms with Crippen molar-refractivity contribution >= 4 is 17.5 Å². The molecule has 0 aromatic heterocycles. The fraction of sp³-hybridized carbons (Fsp3) is 0.333. The van der Waals surface area contributed by atoms with Gasteiger partial charge in [-0.25, -0.2) is 0 Å². The van der Waals surface area contributed by atoms with Crippen LogP contribution in [0.2, 0.25) is 0 Å². The number of anilines is 1. The minimum atomic E-state index is -4.57. The summed E-state index contributed by atoms with van der Waals surface area (Å²) in [6.07, 6.45) is -3.18. The maximum atomic E-state index is 13.1. The molecule has 0 aliphatic heterocycles. The van der Waals surface area contributed by atoms with Crippen molar-refractivity contribution in [2.24, 2.45) is 0 Å². The van der Waals surface area contributed by atoms with Crippen molar-refractivity contribution in [3.63, 3.8) is 0 Å². The highest BCUT2D eigenvalue weighted by molar-refractivity contribution is 5.98. The lowest BCUT2D eigenvalue weighted by Gasteiger charge is -2.26. The summed E-state index contributed by atoms with van der Waals surface area (Å²) < 4.78 is 39.3. The topological polar surface area (TPSA) is 49.4 Å². The third kappa shape index (κ3) is 4.03. The molecule has 3 rings (SSSR count). The lowest BCUT2D eigenvalue weighted by atomic mass is 9.94. The van der Waals surface area contributed by atoms with Crippen LogP contribution in [-0.2, 0) is 21.2 Å². The fourth-order valence-electron chi connectivity index (χ4n) is 3.34. The summed E-state index contributed by atoms with van der Waals surface area (Å²) in [7, 11) is 0. The van der Waals surface area contributed by atoms with E-state index in [0.29, 0.717) is 19.4 Å². The number of nitrogens with one attached hydrogen (secondary N) is 1. The zero-order valence-electron chi connectivity index (χ0n) is 15.4. The first kappa shape index (κ1) is 19.9. The summed E-state index contributed by atoms with van der Waals surface area (Å²) in [5.41, 5.74) is -0.948. The molecule has 1 N–H and O–H groups in total. The van der Waals surface area contributed by atoms with E-state index >= 15 is 0 Å². The van der Waals surface area contributed by atoms with Gasteiger partial charge in [-0.1, -0.05) is 42.5 Å².